The summed E-state index contributed by atoms with van der Waals surface area (Å²) in [6, 6.07) is 4.93. The van der Waals surface area contributed by atoms with E-state index < -0.39 is 0 Å². The number of nitrogens with one attached hydrogen (secondary N) is 1. The Morgan fingerprint density at radius 2 is 2.31 bits per heavy atom. The number of nitrogens with two attached hydrogens (primary N) is 2. The summed E-state index contributed by atoms with van der Waals surface area (Å²) >= 11 is 0. The average molecular weight is 222 g/mol. The first-order chi connectivity index (χ1) is 7.70. The van der Waals surface area contributed by atoms with Crippen LogP contribution in [0.5, 0.6) is 5.75 Å². The lowest BCUT2D eigenvalue weighted by Gasteiger charge is -2.34. The number of anilines is 1. The highest BCUT2D eigenvalue weighted by Crippen LogP contribution is 2.33. The molecule has 7 nitrogen and oxygen atoms in total. The third-order valence-corrected chi connectivity index (χ3v) is 2.01. The van der Waals surface area contributed by atoms with Crippen LogP contribution in [-0.2, 0) is 0 Å². The molecule has 1 heterocycles. The summed E-state index contributed by atoms with van der Waals surface area (Å²) in [7, 11) is 0. The van der Waals surface area contributed by atoms with Crippen molar-refractivity contribution in [1.29, 1.82) is 0 Å². The van der Waals surface area contributed by atoms with Crippen molar-refractivity contribution >= 4 is 17.3 Å². The minimum Gasteiger partial charge on any atom is -0.739 e. The highest BCUT2D eigenvalue weighted by atomic mass is 16.5. The monoisotopic (exact) mass is 222 g/mol. The molecule has 0 saturated carbocycles. The Morgan fingerprint density at radius 3 is 3.06 bits per heavy atom. The highest BCUT2D eigenvalue weighted by molar-refractivity contribution is 5.89. The number of hydrogen-bond acceptors (Lipinski definition) is 7. The molecule has 0 unspecified atom stereocenters. The Labute approximate surface area is 92.2 Å². The van der Waals surface area contributed by atoms with E-state index in [2.05, 4.69) is 10.4 Å². The fraction of sp³-hybridized carbons (Fsp3) is 0.222. The second-order valence-corrected chi connectivity index (χ2v) is 3.19. The topological polar surface area (TPSA) is 112 Å². The molecule has 0 atom stereocenters. The second kappa shape index (κ2) is 4.25. The first kappa shape index (κ1) is 10.5. The molecule has 1 aliphatic rings. The van der Waals surface area contributed by atoms with Gasteiger partial charge in [-0.05, 0) is 12.1 Å². The predicted molar refractivity (Wildman–Crippen MR) is 61.3 cm³/mol. The normalized spacial score (nSPS) is 13.9. The number of hydrazine groups is 1. The zero-order chi connectivity index (χ0) is 11.5. The van der Waals surface area contributed by atoms with Crippen LogP contribution in [0.15, 0.2) is 23.2 Å². The summed E-state index contributed by atoms with van der Waals surface area (Å²) in [6.45, 7) is 0.842. The van der Waals surface area contributed by atoms with E-state index in [1.807, 2.05) is 0 Å². The van der Waals surface area contributed by atoms with Crippen molar-refractivity contribution in [2.24, 2.45) is 16.5 Å². The third kappa shape index (κ3) is 2.00. The molecular formula is C9H12N5O2-. The first-order valence-electron chi connectivity index (χ1n) is 4.75. The molecule has 0 bridgehead atoms. The average Bonchev–Trinajstić information content (AvgIpc) is 2.25. The van der Waals surface area contributed by atoms with E-state index in [0.717, 1.165) is 0 Å². The zero-order valence-electron chi connectivity index (χ0n) is 8.51. The van der Waals surface area contributed by atoms with Gasteiger partial charge >= 0.3 is 0 Å². The lowest BCUT2D eigenvalue weighted by atomic mass is 10.2. The van der Waals surface area contributed by atoms with Crippen LogP contribution in [0.2, 0.25) is 0 Å². The Hall–Kier alpha value is -1.99. The van der Waals surface area contributed by atoms with Crippen LogP contribution in [0.4, 0.5) is 11.4 Å². The van der Waals surface area contributed by atoms with Crippen LogP contribution >= 0.6 is 0 Å². The number of fused-ring (bicyclic) bond motifs is 1. The lowest BCUT2D eigenvalue weighted by molar-refractivity contribution is 0.328. The lowest BCUT2D eigenvalue weighted by Crippen LogP contribution is -2.44. The maximum absolute atomic E-state index is 11.4. The van der Waals surface area contributed by atoms with Crippen LogP contribution in [0.1, 0.15) is 0 Å². The summed E-state index contributed by atoms with van der Waals surface area (Å²) in [5, 5.41) is 12.0. The Kier molecular flexibility index (Phi) is 2.80. The summed E-state index contributed by atoms with van der Waals surface area (Å²) in [6.07, 6.45) is 0. The van der Waals surface area contributed by atoms with Crippen molar-refractivity contribution in [2.45, 2.75) is 0 Å². The Morgan fingerprint density at radius 1 is 1.50 bits per heavy atom. The molecule has 1 aromatic rings. The zero-order valence-corrected chi connectivity index (χ0v) is 8.51. The van der Waals surface area contributed by atoms with E-state index in [1.54, 1.807) is 18.2 Å². The van der Waals surface area contributed by atoms with E-state index in [4.69, 9.17) is 16.2 Å². The van der Waals surface area contributed by atoms with Gasteiger partial charge < -0.3 is 26.6 Å². The quantitative estimate of drug-likeness (QED) is 0.652. The van der Waals surface area contributed by atoms with Gasteiger partial charge in [0.05, 0.1) is 11.4 Å². The Balaban J connectivity index is 2.28. The van der Waals surface area contributed by atoms with Gasteiger partial charge in [-0.25, -0.2) is 4.99 Å². The molecule has 0 amide bonds. The number of nitrogens with zero attached hydrogens (tertiary/aromatic N) is 2. The van der Waals surface area contributed by atoms with Crippen molar-refractivity contribution in [3.05, 3.63) is 23.4 Å². The summed E-state index contributed by atoms with van der Waals surface area (Å²) in [5.41, 5.74) is 14.0. The van der Waals surface area contributed by atoms with Gasteiger partial charge in [0.15, 0.2) is 0 Å². The van der Waals surface area contributed by atoms with E-state index in [0.29, 0.717) is 35.4 Å². The van der Waals surface area contributed by atoms with Crippen LogP contribution in [0.3, 0.4) is 0 Å². The smallest absolute Gasteiger partial charge is 0.212 e. The summed E-state index contributed by atoms with van der Waals surface area (Å²) in [4.78, 5) is 4.00. The molecule has 0 spiro atoms. The minimum atomic E-state index is 0.0541. The van der Waals surface area contributed by atoms with E-state index in [9.17, 15) is 5.21 Å². The van der Waals surface area contributed by atoms with Gasteiger partial charge in [-0.2, -0.15) is 0 Å². The predicted octanol–water partition coefficient (Wildman–Crippen LogP) is -0.207. The van der Waals surface area contributed by atoms with Gasteiger partial charge in [-0.1, -0.05) is 0 Å². The highest BCUT2D eigenvalue weighted by Gasteiger charge is 2.11. The molecule has 0 fully saturated rings. The van der Waals surface area contributed by atoms with Crippen LogP contribution in [0, 0.1) is 5.21 Å². The number of aliphatic imine (C=N–C) groups is 1. The summed E-state index contributed by atoms with van der Waals surface area (Å²) in [5.74, 6) is 0.662. The van der Waals surface area contributed by atoms with E-state index >= 15 is 0 Å². The summed E-state index contributed by atoms with van der Waals surface area (Å²) < 4.78 is 5.32. The van der Waals surface area contributed by atoms with Crippen LogP contribution in [0.25, 0.3) is 0 Å². The molecule has 86 valence electrons. The van der Waals surface area contributed by atoms with E-state index in [-0.39, 0.29) is 5.96 Å². The van der Waals surface area contributed by atoms with Crippen molar-refractivity contribution < 1.29 is 4.74 Å². The molecule has 0 aromatic heterocycles. The number of rotatable bonds is 3. The number of ether oxygens (including phenoxy) is 1. The van der Waals surface area contributed by atoms with Gasteiger partial charge in [0, 0.05) is 12.6 Å². The first-order valence-corrected chi connectivity index (χ1v) is 4.75. The molecule has 0 aliphatic carbocycles. The van der Waals surface area contributed by atoms with Crippen molar-refractivity contribution in [2.75, 3.05) is 18.3 Å². The number of hydrogen-bond donors (Lipinski definition) is 3. The molecule has 1 aliphatic heterocycles. The fourth-order valence-corrected chi connectivity index (χ4v) is 1.35. The van der Waals surface area contributed by atoms with Gasteiger partial charge in [0.25, 0.3) is 0 Å². The minimum absolute atomic E-state index is 0.0541. The molecular weight excluding hydrogens is 210 g/mol. The number of benzene rings is 1. The second-order valence-electron chi connectivity index (χ2n) is 3.19. The van der Waals surface area contributed by atoms with Crippen molar-refractivity contribution in [3.8, 4) is 5.75 Å². The van der Waals surface area contributed by atoms with Crippen molar-refractivity contribution in [3.63, 3.8) is 0 Å². The van der Waals surface area contributed by atoms with E-state index in [1.165, 1.54) is 0 Å². The molecule has 0 saturated heterocycles. The molecule has 2 rings (SSSR count). The SMILES string of the molecule is NCCOc1ccc2c(c1)N=C(N)NN2[O-]. The largest absolute Gasteiger partial charge is 0.739 e. The maximum Gasteiger partial charge on any atom is 0.212 e. The maximum atomic E-state index is 11.4. The van der Waals surface area contributed by atoms with Crippen molar-refractivity contribution in [1.82, 2.24) is 5.43 Å². The molecule has 7 heteroatoms. The van der Waals surface area contributed by atoms with Crippen LogP contribution in [-0.4, -0.2) is 19.1 Å². The fourth-order valence-electron chi connectivity index (χ4n) is 1.35. The Bertz CT molecular complexity index is 420. The van der Waals surface area contributed by atoms with Crippen LogP contribution < -0.4 is 26.8 Å². The van der Waals surface area contributed by atoms with Gasteiger partial charge in [-0.3, -0.25) is 5.43 Å². The molecule has 0 radical (unpaired) electrons. The molecule has 5 N–H and O–H groups in total. The van der Waals surface area contributed by atoms with Gasteiger partial charge in [0.1, 0.15) is 12.4 Å². The number of guanidine groups is 1. The molecule has 16 heavy (non-hydrogen) atoms. The standard InChI is InChI=1S/C9H12N5O2/c10-3-4-16-6-1-2-8-7(5-6)12-9(11)13-14(8)15/h1-2,5H,3-4,10H2,(H3,11,12,13)/q-1. The van der Waals surface area contributed by atoms with Gasteiger partial charge in [-0.15, -0.1) is 0 Å². The van der Waals surface area contributed by atoms with Gasteiger partial charge in [0.2, 0.25) is 5.96 Å². The molecule has 1 aromatic carbocycles. The third-order valence-electron chi connectivity index (χ3n) is 2.01.